The fraction of sp³-hybridized carbons (Fsp3) is 0.647. The van der Waals surface area contributed by atoms with Crippen LogP contribution in [0.25, 0.3) is 0 Å². The third-order valence-corrected chi connectivity index (χ3v) is 6.28. The zero-order valence-electron chi connectivity index (χ0n) is 13.1. The van der Waals surface area contributed by atoms with Crippen LogP contribution in [0.1, 0.15) is 42.5 Å². The maximum Gasteiger partial charge on any atom is 0.339 e. The number of methoxy groups -OCH3 is 1. The van der Waals surface area contributed by atoms with E-state index in [0.29, 0.717) is 28.7 Å². The molecule has 4 fully saturated rings. The van der Waals surface area contributed by atoms with Gasteiger partial charge in [-0.25, -0.2) is 9.78 Å². The second-order valence-corrected chi connectivity index (χ2v) is 7.77. The van der Waals surface area contributed by atoms with Crippen molar-refractivity contribution in [2.45, 2.75) is 43.7 Å². The zero-order chi connectivity index (χ0) is 16.2. The molecule has 23 heavy (non-hydrogen) atoms. The molecule has 5 nitrogen and oxygen atoms in total. The van der Waals surface area contributed by atoms with Gasteiger partial charge in [-0.2, -0.15) is 0 Å². The highest BCUT2D eigenvalue weighted by Gasteiger charge is 2.55. The van der Waals surface area contributed by atoms with E-state index in [0.717, 1.165) is 18.8 Å². The number of carbonyl (C=O) groups is 1. The lowest BCUT2D eigenvalue weighted by Gasteiger charge is -2.59. The normalized spacial score (nSPS) is 37.8. The first-order valence-corrected chi connectivity index (χ1v) is 8.58. The molecule has 4 aliphatic carbocycles. The molecule has 5 rings (SSSR count). The summed E-state index contributed by atoms with van der Waals surface area (Å²) in [6.07, 6.45) is 7.07. The predicted molar refractivity (Wildman–Crippen MR) is 86.9 cm³/mol. The summed E-state index contributed by atoms with van der Waals surface area (Å²) in [5, 5.41) is 13.2. The number of carboxylic acid groups (broad SMARTS) is 1. The number of ether oxygens (including phenoxy) is 1. The lowest BCUT2D eigenvalue weighted by molar-refractivity contribution is -0.149. The molecule has 5 atom stereocenters. The van der Waals surface area contributed by atoms with Crippen LogP contribution in [0.15, 0.2) is 12.3 Å². The van der Waals surface area contributed by atoms with Crippen molar-refractivity contribution in [1.29, 1.82) is 0 Å². The van der Waals surface area contributed by atoms with Crippen LogP contribution in [0.2, 0.25) is 5.15 Å². The highest BCUT2D eigenvalue weighted by atomic mass is 35.5. The van der Waals surface area contributed by atoms with Gasteiger partial charge in [-0.05, 0) is 55.9 Å². The first-order chi connectivity index (χ1) is 11.0. The predicted octanol–water partition coefficient (Wildman–Crippen LogP) is 3.44. The van der Waals surface area contributed by atoms with Gasteiger partial charge in [0.15, 0.2) is 0 Å². The van der Waals surface area contributed by atoms with Crippen molar-refractivity contribution in [1.82, 2.24) is 4.98 Å². The summed E-state index contributed by atoms with van der Waals surface area (Å²) in [4.78, 5) is 15.3. The SMILES string of the molecule is CO[C@]12CC3C[C@H](C1)[C@@H](Nc1cc(Cl)ncc1C(=O)O)[C@@H](C3)C2. The minimum Gasteiger partial charge on any atom is -0.478 e. The molecule has 1 heterocycles. The van der Waals surface area contributed by atoms with Crippen LogP contribution in [0.5, 0.6) is 0 Å². The molecule has 0 aromatic carbocycles. The van der Waals surface area contributed by atoms with E-state index in [1.165, 1.54) is 25.5 Å². The Bertz CT molecular complexity index is 635. The van der Waals surface area contributed by atoms with E-state index in [4.69, 9.17) is 16.3 Å². The minimum absolute atomic E-state index is 0.0558. The summed E-state index contributed by atoms with van der Waals surface area (Å²) in [6.45, 7) is 0. The van der Waals surface area contributed by atoms with Gasteiger partial charge in [0.1, 0.15) is 10.7 Å². The van der Waals surface area contributed by atoms with Gasteiger partial charge in [0.05, 0.1) is 11.3 Å². The Kier molecular flexibility index (Phi) is 3.54. The van der Waals surface area contributed by atoms with Crippen LogP contribution < -0.4 is 5.32 Å². The summed E-state index contributed by atoms with van der Waals surface area (Å²) in [7, 11) is 1.83. The molecule has 0 spiro atoms. The fourth-order valence-electron chi connectivity index (χ4n) is 5.33. The number of anilines is 1. The average Bonchev–Trinajstić information content (AvgIpc) is 2.50. The Morgan fingerprint density at radius 3 is 2.70 bits per heavy atom. The molecule has 2 N–H and O–H groups in total. The Labute approximate surface area is 140 Å². The van der Waals surface area contributed by atoms with Crippen LogP contribution in [0.4, 0.5) is 5.69 Å². The van der Waals surface area contributed by atoms with E-state index in [1.807, 2.05) is 7.11 Å². The van der Waals surface area contributed by atoms with Crippen LogP contribution >= 0.6 is 11.6 Å². The molecule has 124 valence electrons. The van der Waals surface area contributed by atoms with Crippen LogP contribution in [0.3, 0.4) is 0 Å². The average molecular weight is 337 g/mol. The van der Waals surface area contributed by atoms with Gasteiger partial charge in [-0.1, -0.05) is 11.6 Å². The Morgan fingerprint density at radius 2 is 2.09 bits per heavy atom. The monoisotopic (exact) mass is 336 g/mol. The number of hydrogen-bond donors (Lipinski definition) is 2. The highest BCUT2D eigenvalue weighted by Crippen LogP contribution is 2.57. The first kappa shape index (κ1) is 15.2. The Morgan fingerprint density at radius 1 is 1.39 bits per heavy atom. The molecule has 4 saturated carbocycles. The summed E-state index contributed by atoms with van der Waals surface area (Å²) in [6, 6.07) is 1.92. The quantitative estimate of drug-likeness (QED) is 0.824. The number of carboxylic acids is 1. The smallest absolute Gasteiger partial charge is 0.339 e. The second-order valence-electron chi connectivity index (χ2n) is 7.38. The molecule has 6 heteroatoms. The van der Waals surface area contributed by atoms with Crippen LogP contribution in [-0.2, 0) is 4.74 Å². The van der Waals surface area contributed by atoms with Crippen molar-refractivity contribution >= 4 is 23.3 Å². The van der Waals surface area contributed by atoms with Crippen molar-refractivity contribution in [2.24, 2.45) is 17.8 Å². The number of nitrogens with one attached hydrogen (secondary N) is 1. The van der Waals surface area contributed by atoms with E-state index in [1.54, 1.807) is 6.07 Å². The molecule has 1 unspecified atom stereocenters. The van der Waals surface area contributed by atoms with E-state index >= 15 is 0 Å². The molecular formula is C17H21ClN2O3. The topological polar surface area (TPSA) is 71.5 Å². The third-order valence-electron chi connectivity index (χ3n) is 6.07. The summed E-state index contributed by atoms with van der Waals surface area (Å²) in [5.41, 5.74) is 0.825. The molecule has 0 amide bonds. The number of rotatable bonds is 4. The zero-order valence-corrected chi connectivity index (χ0v) is 13.8. The molecule has 4 aliphatic rings. The van der Waals surface area contributed by atoms with Gasteiger partial charge in [0, 0.05) is 19.3 Å². The summed E-state index contributed by atoms with van der Waals surface area (Å²) in [5.74, 6) is 0.851. The van der Waals surface area contributed by atoms with Crippen LogP contribution in [-0.4, -0.2) is 34.8 Å². The molecular weight excluding hydrogens is 316 g/mol. The van der Waals surface area contributed by atoms with E-state index in [2.05, 4.69) is 10.3 Å². The van der Waals surface area contributed by atoms with Gasteiger partial charge in [-0.3, -0.25) is 0 Å². The standard InChI is InChI=1S/C17H21ClN2O3/c1-23-17-5-9-2-10(6-17)15(11(3-9)7-17)20-13-4-14(18)19-8-12(13)16(21)22/h4,8-11,15H,2-3,5-7H2,1H3,(H,19,20)(H,21,22)/t9?,10-,11+,15-,17-. The largest absolute Gasteiger partial charge is 0.478 e. The van der Waals surface area contributed by atoms with Crippen molar-refractivity contribution in [2.75, 3.05) is 12.4 Å². The van der Waals surface area contributed by atoms with E-state index in [-0.39, 0.29) is 11.2 Å². The molecule has 1 aromatic heterocycles. The second kappa shape index (κ2) is 5.35. The maximum absolute atomic E-state index is 11.4. The number of nitrogens with zero attached hydrogens (tertiary/aromatic N) is 1. The molecule has 0 radical (unpaired) electrons. The summed E-state index contributed by atoms with van der Waals surface area (Å²) < 4.78 is 5.88. The Hall–Kier alpha value is -1.33. The van der Waals surface area contributed by atoms with Gasteiger partial charge < -0.3 is 15.2 Å². The lowest BCUT2D eigenvalue weighted by atomic mass is 9.52. The van der Waals surface area contributed by atoms with Gasteiger partial charge in [-0.15, -0.1) is 0 Å². The number of pyridine rings is 1. The molecule has 0 aliphatic heterocycles. The first-order valence-electron chi connectivity index (χ1n) is 8.20. The third kappa shape index (κ3) is 2.50. The fourth-order valence-corrected chi connectivity index (χ4v) is 5.49. The van der Waals surface area contributed by atoms with Crippen LogP contribution in [0, 0.1) is 17.8 Å². The van der Waals surface area contributed by atoms with E-state index < -0.39 is 5.97 Å². The summed E-state index contributed by atoms with van der Waals surface area (Å²) >= 11 is 5.97. The van der Waals surface area contributed by atoms with Crippen molar-refractivity contribution < 1.29 is 14.6 Å². The van der Waals surface area contributed by atoms with Gasteiger partial charge >= 0.3 is 5.97 Å². The molecule has 0 saturated heterocycles. The minimum atomic E-state index is -0.978. The van der Waals surface area contributed by atoms with Crippen molar-refractivity contribution in [3.8, 4) is 0 Å². The maximum atomic E-state index is 11.4. The van der Waals surface area contributed by atoms with E-state index in [9.17, 15) is 9.90 Å². The van der Waals surface area contributed by atoms with Gasteiger partial charge in [0.25, 0.3) is 0 Å². The van der Waals surface area contributed by atoms with Crippen molar-refractivity contribution in [3.05, 3.63) is 23.0 Å². The number of aromatic carboxylic acids is 1. The number of hydrogen-bond acceptors (Lipinski definition) is 4. The number of halogens is 1. The molecule has 1 aromatic rings. The highest BCUT2D eigenvalue weighted by molar-refractivity contribution is 6.29. The lowest BCUT2D eigenvalue weighted by Crippen LogP contribution is -2.59. The molecule has 4 bridgehead atoms. The number of aromatic nitrogens is 1. The Balaban J connectivity index is 1.61. The van der Waals surface area contributed by atoms with Gasteiger partial charge in [0.2, 0.25) is 0 Å². The van der Waals surface area contributed by atoms with Crippen molar-refractivity contribution in [3.63, 3.8) is 0 Å².